The van der Waals surface area contributed by atoms with E-state index in [4.69, 9.17) is 32.7 Å². The minimum atomic E-state index is -0.628. The van der Waals surface area contributed by atoms with E-state index in [1.54, 1.807) is 24.3 Å². The number of benzene rings is 1. The highest BCUT2D eigenvalue weighted by molar-refractivity contribution is 7.71. The van der Waals surface area contributed by atoms with Crippen molar-refractivity contribution in [3.63, 3.8) is 0 Å². The summed E-state index contributed by atoms with van der Waals surface area (Å²) >= 11 is 4.93. The molecule has 2 aromatic rings. The van der Waals surface area contributed by atoms with Crippen LogP contribution in [0.4, 0.5) is 0 Å². The number of para-hydroxylation sites is 1. The first kappa shape index (κ1) is 19.0. The number of hydrogen-bond acceptors (Lipinski definition) is 6. The molecule has 0 atom stereocenters. The molecule has 0 unspecified atom stereocenters. The minimum Gasteiger partial charge on any atom is -0.490 e. The molecule has 0 aliphatic carbocycles. The van der Waals surface area contributed by atoms with Gasteiger partial charge in [-0.2, -0.15) is 5.26 Å². The Bertz CT molecular complexity index is 1000. The number of amides is 1. The Morgan fingerprint density at radius 3 is 2.77 bits per heavy atom. The Morgan fingerprint density at radius 1 is 1.35 bits per heavy atom. The van der Waals surface area contributed by atoms with Crippen LogP contribution in [0.25, 0.3) is 12.2 Å². The lowest BCUT2D eigenvalue weighted by atomic mass is 10.1. The van der Waals surface area contributed by atoms with Crippen LogP contribution in [0.1, 0.15) is 23.7 Å². The van der Waals surface area contributed by atoms with Gasteiger partial charge in [0.05, 0.1) is 12.3 Å². The number of primary amides is 1. The highest BCUT2D eigenvalue weighted by Gasteiger charge is 2.11. The first-order chi connectivity index (χ1) is 12.5. The fraction of sp³-hybridized carbons (Fsp3) is 0.176. The van der Waals surface area contributed by atoms with Crippen LogP contribution >= 0.6 is 12.2 Å². The monoisotopic (exact) mass is 372 g/mol. The summed E-state index contributed by atoms with van der Waals surface area (Å²) in [6, 6.07) is 6.99. The smallest absolute Gasteiger partial charge is 0.270 e. The van der Waals surface area contributed by atoms with Crippen LogP contribution < -0.4 is 20.8 Å². The standard InChI is InChI=1S/C17H16N4O4S/c1-2-24-13-5-3-4-10(15(13)25-9-14(19)22)6-7-12-11(8-18)16(23)21-17(26)20-12/h3-7H,2,9H2,1H3,(H2,19,22)(H2,20,21,23,26). The predicted octanol–water partition coefficient (Wildman–Crippen LogP) is 1.74. The first-order valence-corrected chi connectivity index (χ1v) is 7.98. The maximum atomic E-state index is 11.8. The minimum absolute atomic E-state index is 0.0990. The number of rotatable bonds is 7. The number of nitrogens with two attached hydrogens (primary N) is 1. The van der Waals surface area contributed by atoms with E-state index in [0.29, 0.717) is 23.7 Å². The molecule has 8 nitrogen and oxygen atoms in total. The largest absolute Gasteiger partial charge is 0.490 e. The van der Waals surface area contributed by atoms with E-state index < -0.39 is 11.5 Å². The number of nitrogens with one attached hydrogen (secondary N) is 2. The summed E-state index contributed by atoms with van der Waals surface area (Å²) in [4.78, 5) is 27.9. The third-order valence-electron chi connectivity index (χ3n) is 3.18. The summed E-state index contributed by atoms with van der Waals surface area (Å²) in [5.41, 5.74) is 5.28. The summed E-state index contributed by atoms with van der Waals surface area (Å²) in [5, 5.41) is 9.15. The Kier molecular flexibility index (Phi) is 6.30. The lowest BCUT2D eigenvalue weighted by Gasteiger charge is -2.13. The van der Waals surface area contributed by atoms with Gasteiger partial charge in [-0.1, -0.05) is 12.1 Å². The normalized spacial score (nSPS) is 10.5. The summed E-state index contributed by atoms with van der Waals surface area (Å²) in [6.07, 6.45) is 3.13. The molecule has 1 aromatic heterocycles. The number of aromatic nitrogens is 2. The quantitative estimate of drug-likeness (QED) is 0.634. The van der Waals surface area contributed by atoms with Gasteiger partial charge in [-0.25, -0.2) is 0 Å². The molecule has 1 aromatic carbocycles. The van der Waals surface area contributed by atoms with Crippen LogP contribution in [0.5, 0.6) is 11.5 Å². The number of aromatic amines is 2. The molecule has 1 heterocycles. The molecular weight excluding hydrogens is 356 g/mol. The SMILES string of the molecule is CCOc1cccc(C=Cc2[nH]c(=S)[nH]c(=O)c2C#N)c1OCC(N)=O. The van der Waals surface area contributed by atoms with E-state index in [0.717, 1.165) is 0 Å². The number of carbonyl (C=O) groups is 1. The highest BCUT2D eigenvalue weighted by Crippen LogP contribution is 2.32. The molecule has 0 aliphatic heterocycles. The fourth-order valence-electron chi connectivity index (χ4n) is 2.14. The molecule has 0 aliphatic rings. The Hall–Kier alpha value is -3.38. The van der Waals surface area contributed by atoms with Crippen molar-refractivity contribution in [2.24, 2.45) is 5.73 Å². The fourth-order valence-corrected chi connectivity index (χ4v) is 2.35. The van der Waals surface area contributed by atoms with E-state index in [-0.39, 0.29) is 22.6 Å². The van der Waals surface area contributed by atoms with Crippen molar-refractivity contribution in [2.75, 3.05) is 13.2 Å². The van der Waals surface area contributed by atoms with Crippen LogP contribution in [0.2, 0.25) is 0 Å². The highest BCUT2D eigenvalue weighted by atomic mass is 32.1. The molecule has 0 bridgehead atoms. The van der Waals surface area contributed by atoms with Crippen LogP contribution in [0.15, 0.2) is 23.0 Å². The van der Waals surface area contributed by atoms with Crippen molar-refractivity contribution < 1.29 is 14.3 Å². The van der Waals surface area contributed by atoms with E-state index in [1.165, 1.54) is 6.08 Å². The average molecular weight is 372 g/mol. The van der Waals surface area contributed by atoms with Gasteiger partial charge in [0.2, 0.25) is 0 Å². The second-order valence-corrected chi connectivity index (χ2v) is 5.41. The van der Waals surface area contributed by atoms with Crippen molar-refractivity contribution in [2.45, 2.75) is 6.92 Å². The second-order valence-electron chi connectivity index (χ2n) is 5.00. The van der Waals surface area contributed by atoms with E-state index in [9.17, 15) is 9.59 Å². The maximum absolute atomic E-state index is 11.8. The number of nitrogens with zero attached hydrogens (tertiary/aromatic N) is 1. The number of nitriles is 1. The van der Waals surface area contributed by atoms with Gasteiger partial charge in [-0.15, -0.1) is 0 Å². The van der Waals surface area contributed by atoms with Gasteiger partial charge in [0, 0.05) is 5.56 Å². The molecule has 4 N–H and O–H groups in total. The van der Waals surface area contributed by atoms with Gasteiger partial charge in [-0.3, -0.25) is 14.6 Å². The molecule has 0 saturated heterocycles. The van der Waals surface area contributed by atoms with E-state index in [1.807, 2.05) is 13.0 Å². The summed E-state index contributed by atoms with van der Waals surface area (Å²) in [5.74, 6) is 0.137. The maximum Gasteiger partial charge on any atom is 0.270 e. The number of carbonyl (C=O) groups excluding carboxylic acids is 1. The molecule has 9 heteroatoms. The van der Waals surface area contributed by atoms with E-state index >= 15 is 0 Å². The lowest BCUT2D eigenvalue weighted by Crippen LogP contribution is -2.20. The van der Waals surface area contributed by atoms with Crippen LogP contribution in [0, 0.1) is 16.1 Å². The van der Waals surface area contributed by atoms with Gasteiger partial charge < -0.3 is 20.2 Å². The van der Waals surface area contributed by atoms with Crippen molar-refractivity contribution in [1.82, 2.24) is 9.97 Å². The third kappa shape index (κ3) is 4.58. The molecular formula is C17H16N4O4S. The molecule has 2 rings (SSSR count). The first-order valence-electron chi connectivity index (χ1n) is 7.58. The van der Waals surface area contributed by atoms with Crippen LogP contribution in [-0.4, -0.2) is 29.1 Å². The molecule has 0 radical (unpaired) electrons. The summed E-state index contributed by atoms with van der Waals surface area (Å²) in [7, 11) is 0. The second kappa shape index (κ2) is 8.64. The zero-order valence-electron chi connectivity index (χ0n) is 13.9. The average Bonchev–Trinajstić information content (AvgIpc) is 2.58. The summed E-state index contributed by atoms with van der Waals surface area (Å²) < 4.78 is 11.1. The number of ether oxygens (including phenoxy) is 2. The zero-order valence-corrected chi connectivity index (χ0v) is 14.7. The van der Waals surface area contributed by atoms with Crippen molar-refractivity contribution in [3.05, 3.63) is 50.1 Å². The summed E-state index contributed by atoms with van der Waals surface area (Å²) in [6.45, 7) is 1.90. The Balaban J connectivity index is 2.49. The van der Waals surface area contributed by atoms with E-state index in [2.05, 4.69) is 9.97 Å². The van der Waals surface area contributed by atoms with Gasteiger partial charge in [0.25, 0.3) is 11.5 Å². The molecule has 26 heavy (non-hydrogen) atoms. The van der Waals surface area contributed by atoms with Crippen molar-refractivity contribution in [3.8, 4) is 17.6 Å². The third-order valence-corrected chi connectivity index (χ3v) is 3.39. The molecule has 1 amide bonds. The zero-order chi connectivity index (χ0) is 19.1. The number of H-pyrrole nitrogens is 2. The van der Waals surface area contributed by atoms with Gasteiger partial charge in [0.1, 0.15) is 11.6 Å². The van der Waals surface area contributed by atoms with Gasteiger partial charge in [-0.05, 0) is 37.4 Å². The Morgan fingerprint density at radius 2 is 2.12 bits per heavy atom. The molecule has 134 valence electrons. The Labute approximate surface area is 153 Å². The van der Waals surface area contributed by atoms with Gasteiger partial charge in [0.15, 0.2) is 22.9 Å². The van der Waals surface area contributed by atoms with Crippen LogP contribution in [0.3, 0.4) is 0 Å². The molecule has 0 spiro atoms. The predicted molar refractivity (Wildman–Crippen MR) is 98.2 cm³/mol. The molecule has 0 saturated carbocycles. The number of hydrogen-bond donors (Lipinski definition) is 3. The lowest BCUT2D eigenvalue weighted by molar-refractivity contribution is -0.119. The van der Waals surface area contributed by atoms with Crippen molar-refractivity contribution in [1.29, 1.82) is 5.26 Å². The van der Waals surface area contributed by atoms with Crippen molar-refractivity contribution >= 4 is 30.3 Å². The topological polar surface area (TPSA) is 134 Å². The molecule has 0 fully saturated rings. The van der Waals surface area contributed by atoms with Crippen LogP contribution in [-0.2, 0) is 4.79 Å². The van der Waals surface area contributed by atoms with Gasteiger partial charge >= 0.3 is 0 Å².